The fraction of sp³-hybridized carbons (Fsp3) is 0.462. The normalized spacial score (nSPS) is 12.2. The molecule has 0 aromatic carbocycles. The Labute approximate surface area is 107 Å². The SMILES string of the molecule is C=C/C(Br)=C(C)\C=C(/CC)CC(=O)O.CC. The van der Waals surface area contributed by atoms with Gasteiger partial charge in [-0.15, -0.1) is 0 Å². The standard InChI is InChI=1S/C11H15BrO2.C2H6/c1-4-9(7-11(13)14)6-8(3)10(12)5-2;1-2/h5-6H,2,4,7H2,1,3H3,(H,13,14);1-2H3/b9-6+,10-8+;. The van der Waals surface area contributed by atoms with Gasteiger partial charge in [-0.05, 0) is 18.9 Å². The van der Waals surface area contributed by atoms with E-state index in [-0.39, 0.29) is 6.42 Å². The summed E-state index contributed by atoms with van der Waals surface area (Å²) in [5.74, 6) is -0.791. The zero-order chi connectivity index (χ0) is 13.1. The first-order chi connectivity index (χ1) is 7.51. The van der Waals surface area contributed by atoms with Gasteiger partial charge in [-0.25, -0.2) is 0 Å². The Morgan fingerprint density at radius 1 is 1.44 bits per heavy atom. The van der Waals surface area contributed by atoms with Crippen molar-refractivity contribution in [3.8, 4) is 0 Å². The van der Waals surface area contributed by atoms with Crippen LogP contribution in [0.25, 0.3) is 0 Å². The number of aliphatic carboxylic acids is 1. The Hall–Kier alpha value is -0.830. The first kappa shape index (κ1) is 17.6. The van der Waals surface area contributed by atoms with E-state index in [1.165, 1.54) is 0 Å². The maximum Gasteiger partial charge on any atom is 0.307 e. The smallest absolute Gasteiger partial charge is 0.307 e. The summed E-state index contributed by atoms with van der Waals surface area (Å²) in [7, 11) is 0. The topological polar surface area (TPSA) is 37.3 Å². The molecule has 0 bridgehead atoms. The van der Waals surface area contributed by atoms with E-state index in [0.29, 0.717) is 0 Å². The molecule has 1 N–H and O–H groups in total. The van der Waals surface area contributed by atoms with Crippen LogP contribution in [0.4, 0.5) is 0 Å². The zero-order valence-corrected chi connectivity index (χ0v) is 12.1. The van der Waals surface area contributed by atoms with Gasteiger partial charge in [-0.2, -0.15) is 0 Å². The minimum absolute atomic E-state index is 0.102. The fourth-order valence-corrected chi connectivity index (χ4v) is 1.12. The minimum Gasteiger partial charge on any atom is -0.481 e. The molecule has 0 aromatic heterocycles. The van der Waals surface area contributed by atoms with E-state index in [4.69, 9.17) is 5.11 Å². The van der Waals surface area contributed by atoms with Crippen LogP contribution < -0.4 is 0 Å². The third-order valence-electron chi connectivity index (χ3n) is 1.81. The number of carboxylic acid groups (broad SMARTS) is 1. The van der Waals surface area contributed by atoms with Crippen molar-refractivity contribution in [2.45, 2.75) is 40.5 Å². The van der Waals surface area contributed by atoms with E-state index >= 15 is 0 Å². The largest absolute Gasteiger partial charge is 0.481 e. The number of allylic oxidation sites excluding steroid dienone is 4. The van der Waals surface area contributed by atoms with Crippen molar-refractivity contribution in [2.24, 2.45) is 0 Å². The first-order valence-corrected chi connectivity index (χ1v) is 6.20. The second-order valence-corrected chi connectivity index (χ2v) is 3.82. The molecule has 0 saturated heterocycles. The maximum absolute atomic E-state index is 10.5. The second-order valence-electron chi connectivity index (χ2n) is 2.96. The van der Waals surface area contributed by atoms with Crippen molar-refractivity contribution >= 4 is 21.9 Å². The molecule has 0 rings (SSSR count). The highest BCUT2D eigenvalue weighted by molar-refractivity contribution is 9.11. The second kappa shape index (κ2) is 10.7. The lowest BCUT2D eigenvalue weighted by atomic mass is 10.1. The third-order valence-corrected chi connectivity index (χ3v) is 2.76. The van der Waals surface area contributed by atoms with E-state index in [1.54, 1.807) is 6.08 Å². The highest BCUT2D eigenvalue weighted by Gasteiger charge is 2.02. The van der Waals surface area contributed by atoms with Crippen LogP contribution in [-0.2, 0) is 4.79 Å². The molecule has 0 heterocycles. The molecule has 3 heteroatoms. The average molecular weight is 289 g/mol. The van der Waals surface area contributed by atoms with E-state index in [9.17, 15) is 4.79 Å². The molecule has 0 fully saturated rings. The molecule has 0 unspecified atom stereocenters. The van der Waals surface area contributed by atoms with Crippen LogP contribution >= 0.6 is 15.9 Å². The molecule has 0 aliphatic rings. The summed E-state index contributed by atoms with van der Waals surface area (Å²) in [5, 5.41) is 8.63. The van der Waals surface area contributed by atoms with E-state index < -0.39 is 5.97 Å². The molecule has 0 radical (unpaired) electrons. The molecule has 2 nitrogen and oxygen atoms in total. The number of carboxylic acids is 1. The molecule has 0 saturated carbocycles. The summed E-state index contributed by atoms with van der Waals surface area (Å²) in [6.45, 7) is 11.5. The summed E-state index contributed by atoms with van der Waals surface area (Å²) in [6, 6.07) is 0. The predicted molar refractivity (Wildman–Crippen MR) is 73.8 cm³/mol. The van der Waals surface area contributed by atoms with Crippen LogP contribution in [-0.4, -0.2) is 11.1 Å². The van der Waals surface area contributed by atoms with E-state index in [2.05, 4.69) is 22.5 Å². The van der Waals surface area contributed by atoms with Crippen molar-refractivity contribution in [2.75, 3.05) is 0 Å². The number of halogens is 1. The number of hydrogen-bond donors (Lipinski definition) is 1. The summed E-state index contributed by atoms with van der Waals surface area (Å²) < 4.78 is 0.897. The van der Waals surface area contributed by atoms with Crippen molar-refractivity contribution < 1.29 is 9.90 Å². The molecule has 0 atom stereocenters. The molecule has 0 spiro atoms. The molecule has 0 aromatic rings. The van der Waals surface area contributed by atoms with Crippen LogP contribution in [0.3, 0.4) is 0 Å². The van der Waals surface area contributed by atoms with Crippen molar-refractivity contribution in [3.63, 3.8) is 0 Å². The Balaban J connectivity index is 0. The maximum atomic E-state index is 10.5. The van der Waals surface area contributed by atoms with Gasteiger partial charge >= 0.3 is 5.97 Å². The highest BCUT2D eigenvalue weighted by atomic mass is 79.9. The summed E-state index contributed by atoms with van der Waals surface area (Å²) in [4.78, 5) is 10.5. The van der Waals surface area contributed by atoms with Gasteiger partial charge in [-0.1, -0.05) is 61.0 Å². The summed E-state index contributed by atoms with van der Waals surface area (Å²) in [6.07, 6.45) is 4.44. The Morgan fingerprint density at radius 2 is 1.94 bits per heavy atom. The molecular weight excluding hydrogens is 268 g/mol. The average Bonchev–Trinajstić information content (AvgIpc) is 2.28. The van der Waals surface area contributed by atoms with Crippen LogP contribution in [0.2, 0.25) is 0 Å². The van der Waals surface area contributed by atoms with Gasteiger partial charge in [0.2, 0.25) is 0 Å². The highest BCUT2D eigenvalue weighted by Crippen LogP contribution is 2.17. The van der Waals surface area contributed by atoms with Crippen LogP contribution in [0, 0.1) is 0 Å². The predicted octanol–water partition coefficient (Wildman–Crippen LogP) is 4.68. The van der Waals surface area contributed by atoms with Gasteiger partial charge in [0.15, 0.2) is 0 Å². The van der Waals surface area contributed by atoms with Crippen LogP contribution in [0.15, 0.2) is 34.4 Å². The minimum atomic E-state index is -0.791. The lowest BCUT2D eigenvalue weighted by Crippen LogP contribution is -1.97. The summed E-state index contributed by atoms with van der Waals surface area (Å²) in [5.41, 5.74) is 1.91. The van der Waals surface area contributed by atoms with Crippen LogP contribution in [0.5, 0.6) is 0 Å². The van der Waals surface area contributed by atoms with Gasteiger partial charge in [0.25, 0.3) is 0 Å². The van der Waals surface area contributed by atoms with Gasteiger partial charge < -0.3 is 5.11 Å². The first-order valence-electron chi connectivity index (χ1n) is 5.41. The zero-order valence-electron chi connectivity index (χ0n) is 10.5. The lowest BCUT2D eigenvalue weighted by molar-refractivity contribution is -0.136. The summed E-state index contributed by atoms with van der Waals surface area (Å²) >= 11 is 3.34. The number of rotatable bonds is 5. The number of hydrogen-bond acceptors (Lipinski definition) is 1. The van der Waals surface area contributed by atoms with Gasteiger partial charge in [0, 0.05) is 4.48 Å². The number of carbonyl (C=O) groups is 1. The van der Waals surface area contributed by atoms with Crippen LogP contribution in [0.1, 0.15) is 40.5 Å². The molecule has 0 aliphatic carbocycles. The van der Waals surface area contributed by atoms with E-state index in [1.807, 2.05) is 33.8 Å². The van der Waals surface area contributed by atoms with Crippen molar-refractivity contribution in [1.29, 1.82) is 0 Å². The molecular formula is C13H21BrO2. The Bertz CT molecular complexity index is 288. The third kappa shape index (κ3) is 8.48. The quantitative estimate of drug-likeness (QED) is 0.746. The van der Waals surface area contributed by atoms with Gasteiger partial charge in [-0.3, -0.25) is 4.79 Å². The van der Waals surface area contributed by atoms with Crippen molar-refractivity contribution in [1.82, 2.24) is 0 Å². The van der Waals surface area contributed by atoms with Gasteiger partial charge in [0.1, 0.15) is 0 Å². The monoisotopic (exact) mass is 288 g/mol. The molecule has 16 heavy (non-hydrogen) atoms. The Morgan fingerprint density at radius 3 is 2.25 bits per heavy atom. The fourth-order valence-electron chi connectivity index (χ4n) is 1.01. The van der Waals surface area contributed by atoms with Crippen molar-refractivity contribution in [3.05, 3.63) is 34.4 Å². The van der Waals surface area contributed by atoms with E-state index in [0.717, 1.165) is 22.0 Å². The molecule has 92 valence electrons. The lowest BCUT2D eigenvalue weighted by Gasteiger charge is -2.02. The Kier molecular flexibility index (Phi) is 11.7. The molecule has 0 amide bonds. The van der Waals surface area contributed by atoms with Gasteiger partial charge in [0.05, 0.1) is 6.42 Å². The molecule has 0 aliphatic heterocycles.